The summed E-state index contributed by atoms with van der Waals surface area (Å²) in [7, 11) is 0. The zero-order valence-corrected chi connectivity index (χ0v) is 38.8. The van der Waals surface area contributed by atoms with Crippen LogP contribution < -0.4 is 44.1 Å². The van der Waals surface area contributed by atoms with Gasteiger partial charge in [0.15, 0.2) is 6.04 Å². The molecule has 4 amide bonds. The quantitative estimate of drug-likeness (QED) is 0.0485. The number of hydrogen-bond donors (Lipinski definition) is 6. The number of alkyl carbamates (subject to hydrolysis) is 1. The van der Waals surface area contributed by atoms with Gasteiger partial charge in [0.25, 0.3) is 0 Å². The van der Waals surface area contributed by atoms with Crippen molar-refractivity contribution in [1.29, 1.82) is 0 Å². The zero-order chi connectivity index (χ0) is 47.3. The number of carboxylic acids is 1. The highest BCUT2D eigenvalue weighted by molar-refractivity contribution is 8.00. The zero-order valence-electron chi connectivity index (χ0n) is 37.2. The molecule has 17 heteroatoms. The second kappa shape index (κ2) is 26.9. The highest BCUT2D eigenvalue weighted by atomic mass is 35.5. The Bertz CT molecular complexity index is 2350. The molecule has 0 fully saturated rings. The van der Waals surface area contributed by atoms with Gasteiger partial charge in [0.1, 0.15) is 43.7 Å². The number of hydrogen-bond acceptors (Lipinski definition) is 10. The van der Waals surface area contributed by atoms with Crippen molar-refractivity contribution in [1.82, 2.24) is 21.3 Å². The number of nitrogens with one attached hydrogen (secondary N) is 4. The SMILES string of the molecule is CC(C)(SC[C@@H]([NH3+])C(=O)OCc1ccccc1)[C@@H](NC(=O)[C@H](Cc1ccc(OCc2ccccc2)cc1)NC(=O)OCc1ccccc1)C(=O)NCC(=O)N[C@@H](Cc1ccccc1)C(=O)O.[Cl-]. The second-order valence-electron chi connectivity index (χ2n) is 15.9. The fourth-order valence-corrected chi connectivity index (χ4v) is 7.59. The van der Waals surface area contributed by atoms with Crippen LogP contribution in [-0.2, 0) is 66.1 Å². The van der Waals surface area contributed by atoms with Crippen LogP contribution in [0.5, 0.6) is 5.75 Å². The number of thioether (sulfide) groups is 1. The summed E-state index contributed by atoms with van der Waals surface area (Å²) in [5.41, 5.74) is 7.81. The van der Waals surface area contributed by atoms with Crippen molar-refractivity contribution in [2.24, 2.45) is 0 Å². The summed E-state index contributed by atoms with van der Waals surface area (Å²) in [6.45, 7) is 3.05. The van der Waals surface area contributed by atoms with Gasteiger partial charge in [-0.3, -0.25) is 14.4 Å². The molecular weight excluding hydrogens is 898 g/mol. The molecule has 0 heterocycles. The van der Waals surface area contributed by atoms with Crippen molar-refractivity contribution in [3.8, 4) is 5.75 Å². The molecule has 0 saturated carbocycles. The Morgan fingerprint density at radius 3 is 1.61 bits per heavy atom. The summed E-state index contributed by atoms with van der Waals surface area (Å²) in [6, 6.07) is 38.8. The van der Waals surface area contributed by atoms with Crippen molar-refractivity contribution in [2.75, 3.05) is 12.3 Å². The van der Waals surface area contributed by atoms with Gasteiger partial charge in [-0.2, -0.15) is 0 Å². The minimum absolute atomic E-state index is 0. The Morgan fingerprint density at radius 1 is 0.597 bits per heavy atom. The number of carbonyl (C=O) groups excluding carboxylic acids is 5. The van der Waals surface area contributed by atoms with Crippen LogP contribution in [0.4, 0.5) is 4.79 Å². The van der Waals surface area contributed by atoms with E-state index in [1.54, 1.807) is 92.7 Å². The number of benzene rings is 5. The minimum Gasteiger partial charge on any atom is -1.00 e. The van der Waals surface area contributed by atoms with E-state index in [1.165, 1.54) is 0 Å². The van der Waals surface area contributed by atoms with Crippen LogP contribution in [0.25, 0.3) is 0 Å². The Labute approximate surface area is 400 Å². The third-order valence-corrected chi connectivity index (χ3v) is 11.8. The molecule has 354 valence electrons. The summed E-state index contributed by atoms with van der Waals surface area (Å²) < 4.78 is 15.7. The molecular formula is C50H56ClN5O10S. The van der Waals surface area contributed by atoms with Gasteiger partial charge in [-0.05, 0) is 53.8 Å². The molecule has 67 heavy (non-hydrogen) atoms. The van der Waals surface area contributed by atoms with Gasteiger partial charge < -0.3 is 58.7 Å². The van der Waals surface area contributed by atoms with Crippen LogP contribution in [0.15, 0.2) is 146 Å². The van der Waals surface area contributed by atoms with Gasteiger partial charge in [-0.1, -0.05) is 133 Å². The Hall–Kier alpha value is -6.88. The molecule has 15 nitrogen and oxygen atoms in total. The van der Waals surface area contributed by atoms with Crippen molar-refractivity contribution >= 4 is 47.5 Å². The summed E-state index contributed by atoms with van der Waals surface area (Å²) in [4.78, 5) is 80.0. The number of carbonyl (C=O) groups is 6. The standard InChI is InChI=1S/C50H55N5O10S.ClH/c1-50(2,66-33-40(51)48(61)64-31-37-19-11-5-12-20-37)44(46(58)52-29-43(56)53-42(47(59)60)28-34-15-7-3-8-16-34)55-45(57)41(54-49(62)65-32-38-21-13-6-14-22-38)27-35-23-25-39(26-24-35)63-30-36-17-9-4-10-18-36;/h3-26,40-42,44H,27-33,51H2,1-2H3,(H,52,58)(H,53,56)(H,54,62)(H,55,57)(H,59,60);1H/t40-,41+,42+,44+;/m1./s1. The molecule has 5 rings (SSSR count). The minimum atomic E-state index is -1.38. The van der Waals surface area contributed by atoms with E-state index < -0.39 is 71.2 Å². The van der Waals surface area contributed by atoms with Crippen molar-refractivity contribution in [3.63, 3.8) is 0 Å². The van der Waals surface area contributed by atoms with Crippen LogP contribution >= 0.6 is 11.8 Å². The fraction of sp³-hybridized carbons (Fsp3) is 0.280. The maximum Gasteiger partial charge on any atom is 0.408 e. The van der Waals surface area contributed by atoms with Gasteiger partial charge >= 0.3 is 18.0 Å². The molecule has 8 N–H and O–H groups in total. The van der Waals surface area contributed by atoms with Gasteiger partial charge in [-0.15, -0.1) is 11.8 Å². The Balaban J connectivity index is 0.00000980. The Kier molecular flexibility index (Phi) is 21.2. The summed E-state index contributed by atoms with van der Waals surface area (Å²) >= 11 is 1.16. The number of rotatable bonds is 24. The maximum absolute atomic E-state index is 14.4. The molecule has 0 aromatic heterocycles. The van der Waals surface area contributed by atoms with Gasteiger partial charge in [0, 0.05) is 17.6 Å². The highest BCUT2D eigenvalue weighted by Crippen LogP contribution is 2.29. The van der Waals surface area contributed by atoms with E-state index in [0.29, 0.717) is 23.5 Å². The number of amides is 4. The van der Waals surface area contributed by atoms with E-state index in [2.05, 4.69) is 27.0 Å². The lowest BCUT2D eigenvalue weighted by Crippen LogP contribution is -3.00. The van der Waals surface area contributed by atoms with Gasteiger partial charge in [-0.25, -0.2) is 14.4 Å². The lowest BCUT2D eigenvalue weighted by atomic mass is 10.00. The highest BCUT2D eigenvalue weighted by Gasteiger charge is 2.40. The molecule has 0 bridgehead atoms. The number of quaternary nitrogens is 1. The molecule has 0 radical (unpaired) electrons. The smallest absolute Gasteiger partial charge is 0.408 e. The van der Waals surface area contributed by atoms with Crippen molar-refractivity contribution in [3.05, 3.63) is 173 Å². The van der Waals surface area contributed by atoms with Crippen LogP contribution in [0, 0.1) is 0 Å². The summed E-state index contributed by atoms with van der Waals surface area (Å²) in [6.07, 6.45) is -0.906. The number of halogens is 1. The van der Waals surface area contributed by atoms with E-state index >= 15 is 0 Å². The van der Waals surface area contributed by atoms with Gasteiger partial charge in [0.2, 0.25) is 17.7 Å². The summed E-state index contributed by atoms with van der Waals surface area (Å²) in [5, 5.41) is 20.3. The topological polar surface area (TPSA) is 226 Å². The fourth-order valence-electron chi connectivity index (χ4n) is 6.49. The largest absolute Gasteiger partial charge is 1.00 e. The second-order valence-corrected chi connectivity index (χ2v) is 17.6. The average molecular weight is 955 g/mol. The predicted octanol–water partition coefficient (Wildman–Crippen LogP) is 1.39. The van der Waals surface area contributed by atoms with Crippen molar-refractivity contribution < 1.29 is 66.2 Å². The lowest BCUT2D eigenvalue weighted by molar-refractivity contribution is -0.401. The Morgan fingerprint density at radius 2 is 1.07 bits per heavy atom. The maximum atomic E-state index is 14.4. The molecule has 0 saturated heterocycles. The third kappa shape index (κ3) is 18.1. The number of carboxylic acid groups (broad SMARTS) is 1. The first-order chi connectivity index (χ1) is 31.8. The van der Waals surface area contributed by atoms with Crippen LogP contribution in [-0.4, -0.2) is 82.1 Å². The van der Waals surface area contributed by atoms with E-state index in [9.17, 15) is 33.9 Å². The number of aliphatic carboxylic acids is 1. The van der Waals surface area contributed by atoms with E-state index in [4.69, 9.17) is 14.2 Å². The molecule has 0 spiro atoms. The van der Waals surface area contributed by atoms with Crippen LogP contribution in [0.3, 0.4) is 0 Å². The molecule has 4 atom stereocenters. The van der Waals surface area contributed by atoms with Crippen LogP contribution in [0.1, 0.15) is 41.7 Å². The average Bonchev–Trinajstić information content (AvgIpc) is 3.33. The lowest BCUT2D eigenvalue weighted by Gasteiger charge is -2.34. The van der Waals surface area contributed by atoms with E-state index in [-0.39, 0.29) is 44.2 Å². The molecule has 0 aliphatic carbocycles. The molecule has 0 aliphatic heterocycles. The monoisotopic (exact) mass is 953 g/mol. The first-order valence-electron chi connectivity index (χ1n) is 21.3. The first kappa shape index (κ1) is 52.7. The number of esters is 1. The van der Waals surface area contributed by atoms with E-state index in [1.807, 2.05) is 66.7 Å². The van der Waals surface area contributed by atoms with Crippen LogP contribution in [0.2, 0.25) is 0 Å². The molecule has 5 aromatic carbocycles. The first-order valence-corrected chi connectivity index (χ1v) is 22.3. The van der Waals surface area contributed by atoms with Crippen molar-refractivity contribution in [2.45, 2.75) is 75.4 Å². The van der Waals surface area contributed by atoms with E-state index in [0.717, 1.165) is 28.5 Å². The number of ether oxygens (including phenoxy) is 3. The molecule has 0 unspecified atom stereocenters. The normalized spacial score (nSPS) is 12.6. The van der Waals surface area contributed by atoms with Gasteiger partial charge in [0.05, 0.1) is 12.3 Å². The third-order valence-electron chi connectivity index (χ3n) is 10.2. The summed E-state index contributed by atoms with van der Waals surface area (Å²) in [5.74, 6) is -3.49. The molecule has 0 aliphatic rings. The predicted molar refractivity (Wildman–Crippen MR) is 249 cm³/mol. The molecule has 5 aromatic rings.